The van der Waals surface area contributed by atoms with Crippen LogP contribution in [0.1, 0.15) is 20.8 Å². The third-order valence-corrected chi connectivity index (χ3v) is 2.97. The fourth-order valence-electron chi connectivity index (χ4n) is 1.90. The van der Waals surface area contributed by atoms with Crippen LogP contribution in [0.3, 0.4) is 0 Å². The molecule has 1 fully saturated rings. The average Bonchev–Trinajstić information content (AvgIpc) is 2.25. The Hall–Kier alpha value is -0.610. The zero-order chi connectivity index (χ0) is 11.3. The van der Waals surface area contributed by atoms with E-state index in [0.717, 1.165) is 32.7 Å². The Morgan fingerprint density at radius 2 is 2.13 bits per heavy atom. The lowest BCUT2D eigenvalue weighted by Crippen LogP contribution is -2.53. The highest BCUT2D eigenvalue weighted by molar-refractivity contribution is 5.78. The van der Waals surface area contributed by atoms with E-state index in [0.29, 0.717) is 12.6 Å². The molecule has 0 radical (unpaired) electrons. The Morgan fingerprint density at radius 1 is 1.47 bits per heavy atom. The molecule has 0 aliphatic carbocycles. The molecular weight excluding hydrogens is 190 g/mol. The summed E-state index contributed by atoms with van der Waals surface area (Å²) in [6.07, 6.45) is 0. The van der Waals surface area contributed by atoms with Gasteiger partial charge >= 0.3 is 0 Å². The number of piperazine rings is 1. The Kier molecular flexibility index (Phi) is 5.05. The highest BCUT2D eigenvalue weighted by Crippen LogP contribution is 2.00. The number of rotatable bonds is 4. The molecule has 1 aliphatic rings. The minimum absolute atomic E-state index is 0.270. The predicted molar refractivity (Wildman–Crippen MR) is 61.8 cm³/mol. The van der Waals surface area contributed by atoms with Crippen LogP contribution in [0.25, 0.3) is 0 Å². The zero-order valence-electron chi connectivity index (χ0n) is 10.1. The summed E-state index contributed by atoms with van der Waals surface area (Å²) >= 11 is 0. The normalized spacial score (nSPS) is 22.1. The maximum absolute atomic E-state index is 11.9. The summed E-state index contributed by atoms with van der Waals surface area (Å²) in [5.41, 5.74) is 0. The standard InChI is InChI=1S/C11H23N3O/c1-4-13(5-2)9-11(15)14-7-6-12-10(3)8-14/h10,12H,4-9H2,1-3H3. The highest BCUT2D eigenvalue weighted by atomic mass is 16.2. The van der Waals surface area contributed by atoms with Gasteiger partial charge < -0.3 is 10.2 Å². The number of nitrogens with zero attached hydrogens (tertiary/aromatic N) is 2. The molecule has 4 nitrogen and oxygen atoms in total. The van der Waals surface area contributed by atoms with Gasteiger partial charge in [-0.2, -0.15) is 0 Å². The van der Waals surface area contributed by atoms with E-state index in [1.54, 1.807) is 0 Å². The van der Waals surface area contributed by atoms with Gasteiger partial charge in [0.15, 0.2) is 0 Å². The van der Waals surface area contributed by atoms with E-state index >= 15 is 0 Å². The lowest BCUT2D eigenvalue weighted by molar-refractivity contribution is -0.133. The lowest BCUT2D eigenvalue weighted by Gasteiger charge is -2.33. The topological polar surface area (TPSA) is 35.6 Å². The molecule has 1 unspecified atom stereocenters. The summed E-state index contributed by atoms with van der Waals surface area (Å²) in [7, 11) is 0. The molecule has 1 aliphatic heterocycles. The van der Waals surface area contributed by atoms with Crippen molar-refractivity contribution in [1.29, 1.82) is 0 Å². The van der Waals surface area contributed by atoms with Gasteiger partial charge in [0.25, 0.3) is 0 Å². The van der Waals surface area contributed by atoms with Gasteiger partial charge in [-0.15, -0.1) is 0 Å². The van der Waals surface area contributed by atoms with Gasteiger partial charge in [0.1, 0.15) is 0 Å². The summed E-state index contributed by atoms with van der Waals surface area (Å²) in [4.78, 5) is 16.1. The number of amides is 1. The Bertz CT molecular complexity index is 204. The summed E-state index contributed by atoms with van der Waals surface area (Å²) in [5, 5.41) is 3.34. The van der Waals surface area contributed by atoms with E-state index in [-0.39, 0.29) is 5.91 Å². The summed E-state index contributed by atoms with van der Waals surface area (Å²) in [6.45, 7) is 11.4. The van der Waals surface area contributed by atoms with Crippen LogP contribution in [0.15, 0.2) is 0 Å². The SMILES string of the molecule is CCN(CC)CC(=O)N1CCNC(C)C1. The molecule has 0 spiro atoms. The van der Waals surface area contributed by atoms with Crippen molar-refractivity contribution in [3.05, 3.63) is 0 Å². The number of nitrogens with one attached hydrogen (secondary N) is 1. The van der Waals surface area contributed by atoms with Gasteiger partial charge in [-0.05, 0) is 20.0 Å². The van der Waals surface area contributed by atoms with Crippen molar-refractivity contribution in [1.82, 2.24) is 15.1 Å². The first-order chi connectivity index (χ1) is 7.17. The van der Waals surface area contributed by atoms with Crippen LogP contribution in [-0.2, 0) is 4.79 Å². The fourth-order valence-corrected chi connectivity index (χ4v) is 1.90. The molecule has 1 N–H and O–H groups in total. The third kappa shape index (κ3) is 3.80. The van der Waals surface area contributed by atoms with Gasteiger partial charge in [0.05, 0.1) is 6.54 Å². The first kappa shape index (κ1) is 12.5. The highest BCUT2D eigenvalue weighted by Gasteiger charge is 2.21. The van der Waals surface area contributed by atoms with E-state index in [1.165, 1.54) is 0 Å². The smallest absolute Gasteiger partial charge is 0.236 e. The fraction of sp³-hybridized carbons (Fsp3) is 0.909. The number of hydrogen-bond acceptors (Lipinski definition) is 3. The first-order valence-corrected chi connectivity index (χ1v) is 5.90. The third-order valence-electron chi connectivity index (χ3n) is 2.97. The molecule has 0 bridgehead atoms. The average molecular weight is 213 g/mol. The number of hydrogen-bond donors (Lipinski definition) is 1. The molecule has 1 atom stereocenters. The van der Waals surface area contributed by atoms with Gasteiger partial charge in [-0.25, -0.2) is 0 Å². The molecule has 1 amide bonds. The maximum Gasteiger partial charge on any atom is 0.236 e. The van der Waals surface area contributed by atoms with E-state index in [2.05, 4.69) is 31.0 Å². The van der Waals surface area contributed by atoms with Crippen LogP contribution in [0, 0.1) is 0 Å². The Labute approximate surface area is 92.6 Å². The summed E-state index contributed by atoms with van der Waals surface area (Å²) in [6, 6.07) is 0.430. The van der Waals surface area contributed by atoms with Gasteiger partial charge in [0.2, 0.25) is 5.91 Å². The number of carbonyl (C=O) groups excluding carboxylic acids is 1. The van der Waals surface area contributed by atoms with E-state index < -0.39 is 0 Å². The maximum atomic E-state index is 11.9. The van der Waals surface area contributed by atoms with Crippen LogP contribution >= 0.6 is 0 Å². The minimum Gasteiger partial charge on any atom is -0.339 e. The van der Waals surface area contributed by atoms with Crippen molar-refractivity contribution in [2.75, 3.05) is 39.3 Å². The Balaban J connectivity index is 2.38. The van der Waals surface area contributed by atoms with Crippen LogP contribution in [0.2, 0.25) is 0 Å². The minimum atomic E-state index is 0.270. The second-order valence-corrected chi connectivity index (χ2v) is 4.16. The van der Waals surface area contributed by atoms with Crippen molar-refractivity contribution in [3.63, 3.8) is 0 Å². The molecule has 88 valence electrons. The molecule has 1 saturated heterocycles. The molecule has 15 heavy (non-hydrogen) atoms. The van der Waals surface area contributed by atoms with Crippen LogP contribution < -0.4 is 5.32 Å². The molecule has 4 heteroatoms. The van der Waals surface area contributed by atoms with Gasteiger partial charge in [-0.1, -0.05) is 13.8 Å². The molecular formula is C11H23N3O. The van der Waals surface area contributed by atoms with E-state index in [9.17, 15) is 4.79 Å². The van der Waals surface area contributed by atoms with Crippen LogP contribution in [0.4, 0.5) is 0 Å². The summed E-state index contributed by atoms with van der Waals surface area (Å²) in [5.74, 6) is 0.270. The first-order valence-electron chi connectivity index (χ1n) is 5.90. The second kappa shape index (κ2) is 6.08. The van der Waals surface area contributed by atoms with Crippen molar-refractivity contribution in [2.45, 2.75) is 26.8 Å². The van der Waals surface area contributed by atoms with E-state index in [4.69, 9.17) is 0 Å². The molecule has 0 aromatic rings. The van der Waals surface area contributed by atoms with Crippen LogP contribution in [-0.4, -0.2) is 61.0 Å². The van der Waals surface area contributed by atoms with Gasteiger partial charge in [0, 0.05) is 25.7 Å². The predicted octanol–water partition coefficient (Wildman–Crippen LogP) is 0.149. The molecule has 0 aromatic carbocycles. The summed E-state index contributed by atoms with van der Waals surface area (Å²) < 4.78 is 0. The monoisotopic (exact) mass is 213 g/mol. The second-order valence-electron chi connectivity index (χ2n) is 4.16. The van der Waals surface area contributed by atoms with Crippen molar-refractivity contribution in [3.8, 4) is 0 Å². The molecule has 0 aromatic heterocycles. The van der Waals surface area contributed by atoms with Crippen molar-refractivity contribution >= 4 is 5.91 Å². The van der Waals surface area contributed by atoms with Crippen molar-refractivity contribution in [2.24, 2.45) is 0 Å². The number of likely N-dealkylation sites (N-methyl/N-ethyl adjacent to an activating group) is 1. The van der Waals surface area contributed by atoms with E-state index in [1.807, 2.05) is 4.90 Å². The van der Waals surface area contributed by atoms with Gasteiger partial charge in [-0.3, -0.25) is 9.69 Å². The van der Waals surface area contributed by atoms with Crippen LogP contribution in [0.5, 0.6) is 0 Å². The lowest BCUT2D eigenvalue weighted by atomic mass is 10.2. The number of carbonyl (C=O) groups is 1. The Morgan fingerprint density at radius 3 is 2.67 bits per heavy atom. The molecule has 1 rings (SSSR count). The molecule has 1 heterocycles. The zero-order valence-corrected chi connectivity index (χ0v) is 10.1. The van der Waals surface area contributed by atoms with Crippen molar-refractivity contribution < 1.29 is 4.79 Å². The molecule has 0 saturated carbocycles. The quantitative estimate of drug-likeness (QED) is 0.722. The largest absolute Gasteiger partial charge is 0.339 e.